The molecule has 1 N–H and O–H groups in total. The summed E-state index contributed by atoms with van der Waals surface area (Å²) in [5, 5.41) is 7.73. The number of carbonyl (C=O) groups excluding carboxylic acids is 1. The number of pyridine rings is 2. The molecule has 1 fully saturated rings. The minimum atomic E-state index is -0.000301. The van der Waals surface area contributed by atoms with Gasteiger partial charge in [0.05, 0.1) is 29.6 Å². The van der Waals surface area contributed by atoms with Crippen molar-refractivity contribution in [2.45, 2.75) is 38.8 Å². The van der Waals surface area contributed by atoms with Gasteiger partial charge < -0.3 is 15.0 Å². The number of ketones is 1. The van der Waals surface area contributed by atoms with Crippen LogP contribution in [-0.2, 0) is 13.6 Å². The van der Waals surface area contributed by atoms with Crippen molar-refractivity contribution in [3.8, 4) is 17.1 Å². The number of methoxy groups -OCH3 is 1. The van der Waals surface area contributed by atoms with E-state index >= 15 is 0 Å². The Morgan fingerprint density at radius 1 is 1.08 bits per heavy atom. The van der Waals surface area contributed by atoms with Crippen molar-refractivity contribution in [3.63, 3.8) is 0 Å². The van der Waals surface area contributed by atoms with E-state index in [9.17, 15) is 4.79 Å². The van der Waals surface area contributed by atoms with Crippen LogP contribution in [0.15, 0.2) is 55.1 Å². The van der Waals surface area contributed by atoms with E-state index in [1.54, 1.807) is 24.3 Å². The van der Waals surface area contributed by atoms with E-state index in [1.807, 2.05) is 62.4 Å². The smallest absolute Gasteiger partial charge is 0.184 e. The highest BCUT2D eigenvalue weighted by atomic mass is 16.5. The third-order valence-electron chi connectivity index (χ3n) is 6.95. The number of hydrogen-bond donors (Lipinski definition) is 1. The van der Waals surface area contributed by atoms with Crippen LogP contribution in [0.2, 0.25) is 0 Å². The van der Waals surface area contributed by atoms with Gasteiger partial charge in [-0.15, -0.1) is 0 Å². The maximum atomic E-state index is 12.9. The molecular weight excluding hydrogens is 492 g/mol. The zero-order valence-corrected chi connectivity index (χ0v) is 23.0. The highest BCUT2D eigenvalue weighted by Crippen LogP contribution is 2.41. The van der Waals surface area contributed by atoms with Gasteiger partial charge in [-0.2, -0.15) is 5.10 Å². The van der Waals surface area contributed by atoms with Crippen LogP contribution in [-0.4, -0.2) is 62.7 Å². The largest absolute Gasteiger partial charge is 0.494 e. The Labute approximate surface area is 228 Å². The Balaban J connectivity index is 1.45. The van der Waals surface area contributed by atoms with Gasteiger partial charge in [0, 0.05) is 51.6 Å². The fraction of sp³-hybridized carbons (Fsp3) is 0.345. The van der Waals surface area contributed by atoms with Gasteiger partial charge in [-0.1, -0.05) is 19.1 Å². The summed E-state index contributed by atoms with van der Waals surface area (Å²) in [6.07, 6.45) is 8.08. The average molecular weight is 527 g/mol. The summed E-state index contributed by atoms with van der Waals surface area (Å²) in [7, 11) is 7.50. The molecule has 0 saturated heterocycles. The van der Waals surface area contributed by atoms with E-state index in [1.165, 1.54) is 18.4 Å². The Hall–Kier alpha value is -4.31. The second-order valence-corrected chi connectivity index (χ2v) is 9.85. The van der Waals surface area contributed by atoms with Gasteiger partial charge in [-0.25, -0.2) is 15.0 Å². The van der Waals surface area contributed by atoms with E-state index in [0.717, 1.165) is 17.8 Å². The summed E-state index contributed by atoms with van der Waals surface area (Å²) in [4.78, 5) is 30.7. The second kappa shape index (κ2) is 11.2. The number of nitrogens with zero attached hydrogens (tertiary/aromatic N) is 7. The van der Waals surface area contributed by atoms with Gasteiger partial charge in [-0.3, -0.25) is 14.4 Å². The van der Waals surface area contributed by atoms with Crippen LogP contribution in [0.5, 0.6) is 5.75 Å². The molecule has 0 atom stereocenters. The van der Waals surface area contributed by atoms with E-state index in [4.69, 9.17) is 4.74 Å². The third kappa shape index (κ3) is 5.75. The van der Waals surface area contributed by atoms with E-state index < -0.39 is 0 Å². The number of Topliss-reactive ketones (excluding diaryl/α,β-unsaturated/α-hetero) is 1. The number of para-hydroxylation sites is 1. The van der Waals surface area contributed by atoms with Gasteiger partial charge in [-0.05, 0) is 43.7 Å². The number of aromatic nitrogens is 5. The molecule has 0 bridgehead atoms. The molecule has 10 nitrogen and oxygen atoms in total. The first-order valence-corrected chi connectivity index (χ1v) is 13.1. The lowest BCUT2D eigenvalue weighted by Gasteiger charge is -2.25. The van der Waals surface area contributed by atoms with Gasteiger partial charge in [0.1, 0.15) is 18.0 Å². The Kier molecular flexibility index (Phi) is 7.56. The molecule has 3 heterocycles. The molecule has 202 valence electrons. The summed E-state index contributed by atoms with van der Waals surface area (Å²) in [6, 6.07) is 12.4. The number of anilines is 4. The van der Waals surface area contributed by atoms with Crippen molar-refractivity contribution in [1.82, 2.24) is 29.6 Å². The van der Waals surface area contributed by atoms with Gasteiger partial charge in [0.15, 0.2) is 17.4 Å². The van der Waals surface area contributed by atoms with Crippen LogP contribution >= 0.6 is 0 Å². The summed E-state index contributed by atoms with van der Waals surface area (Å²) >= 11 is 0. The quantitative estimate of drug-likeness (QED) is 0.271. The van der Waals surface area contributed by atoms with Crippen molar-refractivity contribution >= 4 is 28.8 Å². The highest BCUT2D eigenvalue weighted by molar-refractivity contribution is 6.02. The summed E-state index contributed by atoms with van der Waals surface area (Å²) < 4.78 is 7.48. The first kappa shape index (κ1) is 26.3. The van der Waals surface area contributed by atoms with E-state index in [0.29, 0.717) is 46.9 Å². The molecule has 1 aliphatic carbocycles. The summed E-state index contributed by atoms with van der Waals surface area (Å²) in [5.41, 5.74) is 3.93. The van der Waals surface area contributed by atoms with Crippen LogP contribution in [0.1, 0.15) is 42.1 Å². The van der Waals surface area contributed by atoms with Crippen molar-refractivity contribution in [1.29, 1.82) is 0 Å². The molecule has 0 aliphatic heterocycles. The lowest BCUT2D eigenvalue weighted by atomic mass is 10.1. The molecule has 0 amide bonds. The maximum absolute atomic E-state index is 12.9. The highest BCUT2D eigenvalue weighted by Gasteiger charge is 2.26. The van der Waals surface area contributed by atoms with Crippen molar-refractivity contribution in [3.05, 3.63) is 66.2 Å². The number of ether oxygens (including phenoxy) is 1. The molecule has 3 aromatic heterocycles. The molecule has 0 spiro atoms. The molecule has 39 heavy (non-hydrogen) atoms. The number of hydrogen-bond acceptors (Lipinski definition) is 9. The summed E-state index contributed by atoms with van der Waals surface area (Å²) in [6.45, 7) is 2.73. The predicted octanol–water partition coefficient (Wildman–Crippen LogP) is 4.98. The molecule has 0 unspecified atom stereocenters. The number of rotatable bonds is 11. The molecule has 0 radical (unpaired) electrons. The zero-order valence-electron chi connectivity index (χ0n) is 23.0. The van der Waals surface area contributed by atoms with Crippen LogP contribution < -0.4 is 15.0 Å². The number of benzene rings is 1. The second-order valence-electron chi connectivity index (χ2n) is 9.85. The average Bonchev–Trinajstić information content (AvgIpc) is 3.73. The zero-order chi connectivity index (χ0) is 27.5. The monoisotopic (exact) mass is 526 g/mol. The number of carbonyl (C=O) groups is 1. The topological polar surface area (TPSA) is 101 Å². The fourth-order valence-electron chi connectivity index (χ4n) is 4.62. The Bertz CT molecular complexity index is 1460. The number of nitrogens with one attached hydrogen (secondary N) is 1. The third-order valence-corrected chi connectivity index (χ3v) is 6.95. The maximum Gasteiger partial charge on any atom is 0.184 e. The lowest BCUT2D eigenvalue weighted by molar-refractivity contribution is 0.0988. The molecule has 5 rings (SSSR count). The number of aryl methyl sites for hydroxylation is 1. The standard InChI is InChI=1S/C29H34N8O2/c1-6-25(38)22-16-31-27(33-26-13-10-19(15-30-26)17-35(2)20-11-12-20)14-24(22)37(4)23-9-7-8-21(28(23)39-5)29-32-18-36(3)34-29/h7-10,13-16,18,20H,6,11-12,17H2,1-5H3,(H,30,31,33). The fourth-order valence-corrected chi connectivity index (χ4v) is 4.62. The Morgan fingerprint density at radius 3 is 2.51 bits per heavy atom. The van der Waals surface area contributed by atoms with Gasteiger partial charge in [0.25, 0.3) is 0 Å². The van der Waals surface area contributed by atoms with Crippen LogP contribution in [0, 0.1) is 0 Å². The minimum Gasteiger partial charge on any atom is -0.494 e. The first-order valence-electron chi connectivity index (χ1n) is 13.1. The van der Waals surface area contributed by atoms with Crippen LogP contribution in [0.3, 0.4) is 0 Å². The molecule has 1 aliphatic rings. The molecule has 1 aromatic carbocycles. The molecule has 10 heteroatoms. The normalized spacial score (nSPS) is 13.0. The SMILES string of the molecule is CCC(=O)c1cnc(Nc2ccc(CN(C)C3CC3)cn2)cc1N(C)c1cccc(-c2ncn(C)n2)c1OC. The van der Waals surface area contributed by atoms with Crippen molar-refractivity contribution in [2.75, 3.05) is 31.4 Å². The van der Waals surface area contributed by atoms with Gasteiger partial charge in [0.2, 0.25) is 0 Å². The summed E-state index contributed by atoms with van der Waals surface area (Å²) in [5.74, 6) is 2.44. The van der Waals surface area contributed by atoms with Crippen molar-refractivity contribution in [2.24, 2.45) is 7.05 Å². The lowest BCUT2D eigenvalue weighted by Crippen LogP contribution is -2.19. The molecular formula is C29H34N8O2. The Morgan fingerprint density at radius 2 is 1.87 bits per heavy atom. The van der Waals surface area contributed by atoms with Crippen molar-refractivity contribution < 1.29 is 9.53 Å². The van der Waals surface area contributed by atoms with Crippen LogP contribution in [0.25, 0.3) is 11.4 Å². The first-order chi connectivity index (χ1) is 18.9. The van der Waals surface area contributed by atoms with E-state index in [2.05, 4.69) is 43.4 Å². The minimum absolute atomic E-state index is 0.000301. The molecule has 4 aromatic rings. The molecule has 1 saturated carbocycles. The predicted molar refractivity (Wildman–Crippen MR) is 152 cm³/mol. The van der Waals surface area contributed by atoms with E-state index in [-0.39, 0.29) is 5.78 Å². The van der Waals surface area contributed by atoms with Gasteiger partial charge >= 0.3 is 0 Å². The van der Waals surface area contributed by atoms with Crippen LogP contribution in [0.4, 0.5) is 23.0 Å².